The van der Waals surface area contributed by atoms with Gasteiger partial charge in [-0.2, -0.15) is 0 Å². The van der Waals surface area contributed by atoms with Crippen molar-refractivity contribution in [1.82, 2.24) is 0 Å². The van der Waals surface area contributed by atoms with Gasteiger partial charge in [0, 0.05) is 6.42 Å². The molecule has 5 heteroatoms. The molecule has 0 amide bonds. The molecule has 1 aromatic rings. The molecule has 0 aromatic heterocycles. The van der Waals surface area contributed by atoms with Gasteiger partial charge in [-0.05, 0) is 37.0 Å². The molecule has 0 saturated carbocycles. The van der Waals surface area contributed by atoms with E-state index in [1.54, 1.807) is 12.1 Å². The first-order chi connectivity index (χ1) is 8.00. The molecule has 1 rings (SSSR count). The van der Waals surface area contributed by atoms with Gasteiger partial charge >= 0.3 is 5.97 Å². The molecule has 0 spiro atoms. The summed E-state index contributed by atoms with van der Waals surface area (Å²) in [5.74, 6) is -0.858. The molecule has 94 valence electrons. The summed E-state index contributed by atoms with van der Waals surface area (Å²) in [5, 5.41) is 18.3. The minimum atomic E-state index is -0.763. The maximum absolute atomic E-state index is 10.3. The van der Waals surface area contributed by atoms with E-state index in [9.17, 15) is 9.90 Å². The van der Waals surface area contributed by atoms with Gasteiger partial charge < -0.3 is 10.2 Å². The monoisotopic (exact) mass is 276 g/mol. The van der Waals surface area contributed by atoms with Gasteiger partial charge in [0.05, 0.1) is 10.0 Å². The highest BCUT2D eigenvalue weighted by Gasteiger charge is 2.06. The van der Waals surface area contributed by atoms with Crippen molar-refractivity contribution >= 4 is 29.2 Å². The molecule has 0 heterocycles. The van der Waals surface area contributed by atoms with Crippen LogP contribution in [0.4, 0.5) is 0 Å². The Balaban J connectivity index is 2.39. The molecule has 17 heavy (non-hydrogen) atoms. The Morgan fingerprint density at radius 3 is 2.24 bits per heavy atom. The summed E-state index contributed by atoms with van der Waals surface area (Å²) >= 11 is 11.6. The quantitative estimate of drug-likeness (QED) is 0.775. The Hall–Kier alpha value is -0.930. The first-order valence-electron chi connectivity index (χ1n) is 5.39. The summed E-state index contributed by atoms with van der Waals surface area (Å²) in [5.41, 5.74) is 0.952. The van der Waals surface area contributed by atoms with E-state index in [2.05, 4.69) is 0 Å². The van der Waals surface area contributed by atoms with Crippen LogP contribution in [0.25, 0.3) is 0 Å². The van der Waals surface area contributed by atoms with Crippen molar-refractivity contribution in [3.63, 3.8) is 0 Å². The number of rotatable bonds is 6. The normalized spacial score (nSPS) is 10.5. The second-order valence-electron chi connectivity index (χ2n) is 3.86. The standard InChI is InChI=1S/C12H14Cl2O3/c13-9-6-8(7-10(14)12(9)17)4-2-1-3-5-11(15)16/h6-7,17H,1-5H2,(H,15,16). The number of carboxylic acid groups (broad SMARTS) is 1. The molecular weight excluding hydrogens is 263 g/mol. The van der Waals surface area contributed by atoms with Gasteiger partial charge in [-0.15, -0.1) is 0 Å². The van der Waals surface area contributed by atoms with Crippen molar-refractivity contribution in [2.75, 3.05) is 0 Å². The van der Waals surface area contributed by atoms with Crippen LogP contribution >= 0.6 is 23.2 Å². The molecule has 0 aliphatic carbocycles. The summed E-state index contributed by atoms with van der Waals surface area (Å²) in [7, 11) is 0. The second kappa shape index (κ2) is 6.72. The number of unbranched alkanes of at least 4 members (excludes halogenated alkanes) is 2. The fourth-order valence-corrected chi connectivity index (χ4v) is 2.08. The molecule has 3 nitrogen and oxygen atoms in total. The Kier molecular flexibility index (Phi) is 5.59. The van der Waals surface area contributed by atoms with Crippen LogP contribution in [0, 0.1) is 0 Å². The summed E-state index contributed by atoms with van der Waals surface area (Å²) in [4.78, 5) is 10.3. The number of hydrogen-bond acceptors (Lipinski definition) is 2. The fourth-order valence-electron chi connectivity index (χ4n) is 1.54. The fraction of sp³-hybridized carbons (Fsp3) is 0.417. The summed E-state index contributed by atoms with van der Waals surface area (Å²) in [6.07, 6.45) is 3.39. The zero-order chi connectivity index (χ0) is 12.8. The lowest BCUT2D eigenvalue weighted by Gasteiger charge is -2.05. The highest BCUT2D eigenvalue weighted by Crippen LogP contribution is 2.33. The number of aliphatic carboxylic acids is 1. The van der Waals surface area contributed by atoms with Crippen LogP contribution < -0.4 is 0 Å². The summed E-state index contributed by atoms with van der Waals surface area (Å²) in [6, 6.07) is 3.36. The average Bonchev–Trinajstić information content (AvgIpc) is 2.25. The molecule has 1 aromatic carbocycles. The van der Waals surface area contributed by atoms with Gasteiger partial charge in [0.15, 0.2) is 5.75 Å². The van der Waals surface area contributed by atoms with Crippen LogP contribution in [-0.4, -0.2) is 16.2 Å². The Bertz CT molecular complexity index is 382. The molecule has 0 fully saturated rings. The van der Waals surface area contributed by atoms with Crippen LogP contribution in [-0.2, 0) is 11.2 Å². The minimum Gasteiger partial charge on any atom is -0.505 e. The average molecular weight is 277 g/mol. The van der Waals surface area contributed by atoms with Crippen molar-refractivity contribution in [3.8, 4) is 5.75 Å². The van der Waals surface area contributed by atoms with Gasteiger partial charge in [-0.25, -0.2) is 0 Å². The number of carbonyl (C=O) groups is 1. The van der Waals surface area contributed by atoms with Crippen molar-refractivity contribution in [3.05, 3.63) is 27.7 Å². The second-order valence-corrected chi connectivity index (χ2v) is 4.68. The number of hydrogen-bond donors (Lipinski definition) is 2. The highest BCUT2D eigenvalue weighted by atomic mass is 35.5. The highest BCUT2D eigenvalue weighted by molar-refractivity contribution is 6.37. The van der Waals surface area contributed by atoms with E-state index in [-0.39, 0.29) is 22.2 Å². The van der Waals surface area contributed by atoms with Crippen LogP contribution in [0.2, 0.25) is 10.0 Å². The van der Waals surface area contributed by atoms with E-state index < -0.39 is 5.97 Å². The largest absolute Gasteiger partial charge is 0.505 e. The molecule has 0 unspecified atom stereocenters. The number of aryl methyl sites for hydroxylation is 1. The van der Waals surface area contributed by atoms with E-state index in [1.807, 2.05) is 0 Å². The molecule has 0 aliphatic rings. The molecule has 0 bridgehead atoms. The van der Waals surface area contributed by atoms with Gasteiger partial charge in [0.1, 0.15) is 0 Å². The molecule has 2 N–H and O–H groups in total. The molecular formula is C12H14Cl2O3. The van der Waals surface area contributed by atoms with Crippen molar-refractivity contribution < 1.29 is 15.0 Å². The van der Waals surface area contributed by atoms with Crippen LogP contribution in [0.5, 0.6) is 5.75 Å². The van der Waals surface area contributed by atoms with Crippen LogP contribution in [0.15, 0.2) is 12.1 Å². The van der Waals surface area contributed by atoms with Gasteiger partial charge in [-0.3, -0.25) is 4.79 Å². The van der Waals surface area contributed by atoms with Gasteiger partial charge in [-0.1, -0.05) is 29.6 Å². The van der Waals surface area contributed by atoms with E-state index in [1.165, 1.54) is 0 Å². The summed E-state index contributed by atoms with van der Waals surface area (Å²) in [6.45, 7) is 0. The number of carboxylic acids is 1. The topological polar surface area (TPSA) is 57.5 Å². The third kappa shape index (κ3) is 4.84. The van der Waals surface area contributed by atoms with E-state index in [4.69, 9.17) is 28.3 Å². The third-order valence-electron chi connectivity index (χ3n) is 2.43. The molecule has 0 radical (unpaired) electrons. The van der Waals surface area contributed by atoms with Gasteiger partial charge in [0.25, 0.3) is 0 Å². The first-order valence-corrected chi connectivity index (χ1v) is 6.15. The Morgan fingerprint density at radius 2 is 1.71 bits per heavy atom. The maximum Gasteiger partial charge on any atom is 0.303 e. The van der Waals surface area contributed by atoms with Crippen molar-refractivity contribution in [2.45, 2.75) is 32.1 Å². The third-order valence-corrected chi connectivity index (χ3v) is 3.01. The predicted molar refractivity (Wildman–Crippen MR) is 67.9 cm³/mol. The number of halogens is 2. The number of aromatic hydroxyl groups is 1. The predicted octanol–water partition coefficient (Wildman–Crippen LogP) is 3.89. The van der Waals surface area contributed by atoms with Crippen molar-refractivity contribution in [2.24, 2.45) is 0 Å². The van der Waals surface area contributed by atoms with Crippen LogP contribution in [0.3, 0.4) is 0 Å². The number of phenolic OH excluding ortho intramolecular Hbond substituents is 1. The summed E-state index contributed by atoms with van der Waals surface area (Å²) < 4.78 is 0. The van der Waals surface area contributed by atoms with Crippen LogP contribution in [0.1, 0.15) is 31.2 Å². The smallest absolute Gasteiger partial charge is 0.303 e. The lowest BCUT2D eigenvalue weighted by Crippen LogP contribution is -1.94. The Labute approximate surface area is 110 Å². The minimum absolute atomic E-state index is 0.0945. The first kappa shape index (κ1) is 14.1. The number of benzene rings is 1. The SMILES string of the molecule is O=C(O)CCCCCc1cc(Cl)c(O)c(Cl)c1. The lowest BCUT2D eigenvalue weighted by molar-refractivity contribution is -0.137. The molecule has 0 aliphatic heterocycles. The van der Waals surface area contributed by atoms with Gasteiger partial charge in [0.2, 0.25) is 0 Å². The molecule has 0 saturated heterocycles. The van der Waals surface area contributed by atoms with Crippen molar-refractivity contribution in [1.29, 1.82) is 0 Å². The zero-order valence-corrected chi connectivity index (χ0v) is 10.8. The lowest BCUT2D eigenvalue weighted by atomic mass is 10.1. The molecule has 0 atom stereocenters. The van der Waals surface area contributed by atoms with E-state index in [0.29, 0.717) is 6.42 Å². The zero-order valence-electron chi connectivity index (χ0n) is 9.25. The Morgan fingerprint density at radius 1 is 1.12 bits per heavy atom. The van der Waals surface area contributed by atoms with E-state index >= 15 is 0 Å². The maximum atomic E-state index is 10.3. The van der Waals surface area contributed by atoms with E-state index in [0.717, 1.165) is 24.8 Å². The number of phenols is 1.